The molecule has 7 nitrogen and oxygen atoms in total. The SMILES string of the molecule is C[C@H](Oc1ccccc1/C=C1\C(=O)NC(=S)N(c2ccc(Br)cc2)C1=O)C(=O)O. The zero-order chi connectivity index (χ0) is 21.1. The summed E-state index contributed by atoms with van der Waals surface area (Å²) in [7, 11) is 0. The molecule has 9 heteroatoms. The van der Waals surface area contributed by atoms with Crippen LogP contribution in [0.3, 0.4) is 0 Å². The van der Waals surface area contributed by atoms with Crippen molar-refractivity contribution < 1.29 is 24.2 Å². The smallest absolute Gasteiger partial charge is 0.344 e. The molecule has 0 aromatic heterocycles. The lowest BCUT2D eigenvalue weighted by Crippen LogP contribution is -2.54. The van der Waals surface area contributed by atoms with Gasteiger partial charge in [0.25, 0.3) is 11.8 Å². The van der Waals surface area contributed by atoms with E-state index in [0.29, 0.717) is 11.3 Å². The highest BCUT2D eigenvalue weighted by Crippen LogP contribution is 2.27. The van der Waals surface area contributed by atoms with Gasteiger partial charge in [0.15, 0.2) is 11.2 Å². The highest BCUT2D eigenvalue weighted by atomic mass is 79.9. The minimum Gasteiger partial charge on any atom is -0.479 e. The largest absolute Gasteiger partial charge is 0.479 e. The molecule has 1 aliphatic heterocycles. The van der Waals surface area contributed by atoms with Crippen molar-refractivity contribution in [3.8, 4) is 5.75 Å². The van der Waals surface area contributed by atoms with Crippen molar-refractivity contribution in [3.05, 3.63) is 64.1 Å². The number of anilines is 1. The van der Waals surface area contributed by atoms with E-state index >= 15 is 0 Å². The van der Waals surface area contributed by atoms with E-state index in [0.717, 1.165) is 4.47 Å². The molecule has 0 aliphatic carbocycles. The number of rotatable bonds is 5. The zero-order valence-corrected chi connectivity index (χ0v) is 17.5. The first-order valence-electron chi connectivity index (χ1n) is 8.43. The molecule has 2 amide bonds. The monoisotopic (exact) mass is 474 g/mol. The fraction of sp³-hybridized carbons (Fsp3) is 0.100. The second kappa shape index (κ2) is 8.54. The number of para-hydroxylation sites is 1. The number of aliphatic carboxylic acids is 1. The topological polar surface area (TPSA) is 95.9 Å². The van der Waals surface area contributed by atoms with Crippen molar-refractivity contribution in [1.82, 2.24) is 5.32 Å². The lowest BCUT2D eigenvalue weighted by Gasteiger charge is -2.29. The molecule has 3 rings (SSSR count). The van der Waals surface area contributed by atoms with Gasteiger partial charge < -0.3 is 9.84 Å². The molecule has 29 heavy (non-hydrogen) atoms. The van der Waals surface area contributed by atoms with E-state index < -0.39 is 23.9 Å². The van der Waals surface area contributed by atoms with Gasteiger partial charge in [-0.1, -0.05) is 34.1 Å². The molecule has 0 unspecified atom stereocenters. The number of carboxylic acid groups (broad SMARTS) is 1. The van der Waals surface area contributed by atoms with Crippen LogP contribution in [0, 0.1) is 0 Å². The van der Waals surface area contributed by atoms with Crippen LogP contribution in [0.5, 0.6) is 5.75 Å². The summed E-state index contributed by atoms with van der Waals surface area (Å²) < 4.78 is 6.26. The first kappa shape index (κ1) is 20.7. The van der Waals surface area contributed by atoms with Gasteiger partial charge in [0.2, 0.25) is 0 Å². The maximum Gasteiger partial charge on any atom is 0.344 e. The average molecular weight is 475 g/mol. The van der Waals surface area contributed by atoms with Gasteiger partial charge in [0.1, 0.15) is 11.3 Å². The molecule has 2 aromatic rings. The number of amides is 2. The van der Waals surface area contributed by atoms with Crippen LogP contribution in [-0.4, -0.2) is 34.1 Å². The van der Waals surface area contributed by atoms with E-state index in [1.165, 1.54) is 17.9 Å². The number of nitrogens with zero attached hydrogens (tertiary/aromatic N) is 1. The molecular weight excluding hydrogens is 460 g/mol. The highest BCUT2D eigenvalue weighted by molar-refractivity contribution is 9.10. The quantitative estimate of drug-likeness (QED) is 0.392. The predicted molar refractivity (Wildman–Crippen MR) is 115 cm³/mol. The molecule has 1 heterocycles. The first-order valence-corrected chi connectivity index (χ1v) is 9.63. The van der Waals surface area contributed by atoms with Crippen molar-refractivity contribution in [2.45, 2.75) is 13.0 Å². The zero-order valence-electron chi connectivity index (χ0n) is 15.1. The number of benzene rings is 2. The fourth-order valence-corrected chi connectivity index (χ4v) is 3.13. The van der Waals surface area contributed by atoms with Crippen LogP contribution in [0.1, 0.15) is 12.5 Å². The Morgan fingerprint density at radius 3 is 2.52 bits per heavy atom. The third kappa shape index (κ3) is 4.52. The standard InChI is InChI=1S/C20H15BrN2O5S/c1-11(19(26)27)28-16-5-3-2-4-12(16)10-15-17(24)22-20(29)23(18(15)25)14-8-6-13(21)7-9-14/h2-11H,1H3,(H,26,27)(H,22,24,29)/b15-10+/t11-/m0/s1. The average Bonchev–Trinajstić information content (AvgIpc) is 2.67. The summed E-state index contributed by atoms with van der Waals surface area (Å²) in [5, 5.41) is 11.5. The molecule has 0 saturated carbocycles. The third-order valence-corrected chi connectivity index (χ3v) is 4.87. The normalized spacial score (nSPS) is 16.6. The minimum atomic E-state index is -1.13. The van der Waals surface area contributed by atoms with Crippen molar-refractivity contribution in [1.29, 1.82) is 0 Å². The summed E-state index contributed by atoms with van der Waals surface area (Å²) in [4.78, 5) is 37.8. The van der Waals surface area contributed by atoms with Crippen LogP contribution < -0.4 is 15.0 Å². The molecule has 0 radical (unpaired) electrons. The number of ether oxygens (including phenoxy) is 1. The number of hydrogen-bond donors (Lipinski definition) is 2. The van der Waals surface area contributed by atoms with Gasteiger partial charge in [-0.3, -0.25) is 19.8 Å². The van der Waals surface area contributed by atoms with Gasteiger partial charge in [-0.05, 0) is 55.5 Å². The Balaban J connectivity index is 1.99. The van der Waals surface area contributed by atoms with Gasteiger partial charge in [0.05, 0.1) is 5.69 Å². The molecule has 1 aliphatic rings. The summed E-state index contributed by atoms with van der Waals surface area (Å²) in [6, 6.07) is 13.4. The van der Waals surface area contributed by atoms with Crippen LogP contribution in [0.25, 0.3) is 6.08 Å². The number of carbonyl (C=O) groups is 3. The fourth-order valence-electron chi connectivity index (χ4n) is 2.59. The Kier molecular flexibility index (Phi) is 6.09. The number of carboxylic acids is 1. The van der Waals surface area contributed by atoms with Crippen LogP contribution in [-0.2, 0) is 14.4 Å². The van der Waals surface area contributed by atoms with E-state index in [9.17, 15) is 14.4 Å². The molecule has 1 atom stereocenters. The van der Waals surface area contributed by atoms with Gasteiger partial charge in [-0.2, -0.15) is 0 Å². The van der Waals surface area contributed by atoms with E-state index in [1.54, 1.807) is 48.5 Å². The number of carbonyl (C=O) groups excluding carboxylic acids is 2. The molecule has 0 spiro atoms. The minimum absolute atomic E-state index is 0.0245. The highest BCUT2D eigenvalue weighted by Gasteiger charge is 2.34. The first-order chi connectivity index (χ1) is 13.8. The summed E-state index contributed by atoms with van der Waals surface area (Å²) in [6.45, 7) is 1.39. The van der Waals surface area contributed by atoms with E-state index in [-0.39, 0.29) is 16.4 Å². The van der Waals surface area contributed by atoms with Crippen LogP contribution in [0.4, 0.5) is 5.69 Å². The Morgan fingerprint density at radius 1 is 1.21 bits per heavy atom. The molecule has 0 bridgehead atoms. The summed E-state index contributed by atoms with van der Waals surface area (Å²) in [5.74, 6) is -2.14. The Labute approximate surface area is 180 Å². The van der Waals surface area contributed by atoms with Crippen molar-refractivity contribution in [2.75, 3.05) is 4.90 Å². The van der Waals surface area contributed by atoms with Gasteiger partial charge in [-0.15, -0.1) is 0 Å². The molecule has 2 aromatic carbocycles. The van der Waals surface area contributed by atoms with Gasteiger partial charge in [-0.25, -0.2) is 4.79 Å². The van der Waals surface area contributed by atoms with E-state index in [1.807, 2.05) is 0 Å². The van der Waals surface area contributed by atoms with E-state index in [4.69, 9.17) is 22.1 Å². The third-order valence-electron chi connectivity index (χ3n) is 4.06. The van der Waals surface area contributed by atoms with Crippen LogP contribution in [0.2, 0.25) is 0 Å². The Hall–Kier alpha value is -3.04. The second-order valence-electron chi connectivity index (χ2n) is 6.07. The number of thiocarbonyl (C=S) groups is 1. The second-order valence-corrected chi connectivity index (χ2v) is 7.37. The Morgan fingerprint density at radius 2 is 1.86 bits per heavy atom. The van der Waals surface area contributed by atoms with Crippen molar-refractivity contribution >= 4 is 62.8 Å². The lowest BCUT2D eigenvalue weighted by atomic mass is 10.1. The molecule has 1 saturated heterocycles. The summed E-state index contributed by atoms with van der Waals surface area (Å²) >= 11 is 8.50. The van der Waals surface area contributed by atoms with Crippen molar-refractivity contribution in [2.24, 2.45) is 0 Å². The summed E-state index contributed by atoms with van der Waals surface area (Å²) in [5.41, 5.74) is 0.737. The van der Waals surface area contributed by atoms with Gasteiger partial charge >= 0.3 is 5.97 Å². The lowest BCUT2D eigenvalue weighted by molar-refractivity contribution is -0.144. The Bertz CT molecular complexity index is 1040. The maximum atomic E-state index is 13.0. The molecule has 2 N–H and O–H groups in total. The molecule has 1 fully saturated rings. The predicted octanol–water partition coefficient (Wildman–Crippen LogP) is 3.13. The van der Waals surface area contributed by atoms with Crippen LogP contribution in [0.15, 0.2) is 58.6 Å². The summed E-state index contributed by atoms with van der Waals surface area (Å²) in [6.07, 6.45) is 0.257. The van der Waals surface area contributed by atoms with Gasteiger partial charge in [0, 0.05) is 10.0 Å². The number of nitrogens with one attached hydrogen (secondary N) is 1. The van der Waals surface area contributed by atoms with E-state index in [2.05, 4.69) is 21.2 Å². The maximum absolute atomic E-state index is 13.0. The number of halogens is 1. The van der Waals surface area contributed by atoms with Crippen molar-refractivity contribution in [3.63, 3.8) is 0 Å². The van der Waals surface area contributed by atoms with Crippen LogP contribution >= 0.6 is 28.1 Å². The molecule has 148 valence electrons. The molecular formula is C20H15BrN2O5S. The number of hydrogen-bond acceptors (Lipinski definition) is 5.